The lowest BCUT2D eigenvalue weighted by molar-refractivity contribution is -0.127. The van der Waals surface area contributed by atoms with Crippen molar-refractivity contribution in [3.63, 3.8) is 0 Å². The van der Waals surface area contributed by atoms with Crippen molar-refractivity contribution in [2.24, 2.45) is 5.10 Å². The number of rotatable bonds is 5. The minimum absolute atomic E-state index is 0.0986. The van der Waals surface area contributed by atoms with Gasteiger partial charge in [0.1, 0.15) is 11.5 Å². The molecule has 1 amide bonds. The van der Waals surface area contributed by atoms with Crippen LogP contribution in [0.25, 0.3) is 0 Å². The van der Waals surface area contributed by atoms with Gasteiger partial charge in [0.2, 0.25) is 0 Å². The van der Waals surface area contributed by atoms with E-state index in [1.165, 1.54) is 6.21 Å². The first-order chi connectivity index (χ1) is 11.8. The Morgan fingerprint density at radius 2 is 1.96 bits per heavy atom. The number of carbonyl (C=O) groups excluding carboxylic acids is 1. The van der Waals surface area contributed by atoms with Crippen LogP contribution >= 0.6 is 43.5 Å². The summed E-state index contributed by atoms with van der Waals surface area (Å²) in [6.45, 7) is 3.49. The Bertz CT molecular complexity index is 805. The Hall–Kier alpha value is -1.57. The van der Waals surface area contributed by atoms with Crippen molar-refractivity contribution in [2.45, 2.75) is 20.0 Å². The highest BCUT2D eigenvalue weighted by Gasteiger charge is 2.14. The highest BCUT2D eigenvalue weighted by Crippen LogP contribution is 2.32. The number of halogens is 3. The van der Waals surface area contributed by atoms with Crippen molar-refractivity contribution in [2.75, 3.05) is 0 Å². The molecule has 5 nitrogen and oxygen atoms in total. The highest BCUT2D eigenvalue weighted by atomic mass is 79.9. The number of nitrogens with one attached hydrogen (secondary N) is 1. The second-order valence-electron chi connectivity index (χ2n) is 5.24. The molecule has 1 atom stereocenters. The van der Waals surface area contributed by atoms with Crippen LogP contribution in [0.2, 0.25) is 5.02 Å². The van der Waals surface area contributed by atoms with E-state index in [1.54, 1.807) is 37.3 Å². The van der Waals surface area contributed by atoms with Crippen molar-refractivity contribution in [3.8, 4) is 11.5 Å². The summed E-state index contributed by atoms with van der Waals surface area (Å²) in [6, 6.07) is 8.53. The molecule has 8 heteroatoms. The second kappa shape index (κ2) is 8.69. The van der Waals surface area contributed by atoms with Crippen molar-refractivity contribution < 1.29 is 14.6 Å². The van der Waals surface area contributed by atoms with Crippen molar-refractivity contribution >= 4 is 55.6 Å². The molecule has 0 aromatic heterocycles. The smallest absolute Gasteiger partial charge is 0.280 e. The Balaban J connectivity index is 1.96. The number of nitrogens with zero attached hydrogens (tertiary/aromatic N) is 1. The fourth-order valence-corrected chi connectivity index (χ4v) is 3.21. The number of aryl methyl sites for hydroxylation is 1. The minimum Gasteiger partial charge on any atom is -0.506 e. The fourth-order valence-electron chi connectivity index (χ4n) is 1.87. The van der Waals surface area contributed by atoms with Gasteiger partial charge in [0.25, 0.3) is 5.91 Å². The van der Waals surface area contributed by atoms with Crippen LogP contribution in [-0.4, -0.2) is 23.3 Å². The Morgan fingerprint density at radius 3 is 2.56 bits per heavy atom. The number of hydrazone groups is 1. The molecule has 25 heavy (non-hydrogen) atoms. The molecule has 0 aliphatic heterocycles. The normalized spacial score (nSPS) is 12.2. The van der Waals surface area contributed by atoms with Crippen LogP contribution in [-0.2, 0) is 4.79 Å². The first kappa shape index (κ1) is 19.8. The van der Waals surface area contributed by atoms with Crippen LogP contribution in [0.1, 0.15) is 18.1 Å². The van der Waals surface area contributed by atoms with Crippen LogP contribution in [0.3, 0.4) is 0 Å². The monoisotopic (exact) mass is 488 g/mol. The van der Waals surface area contributed by atoms with Crippen LogP contribution < -0.4 is 10.2 Å². The van der Waals surface area contributed by atoms with Crippen LogP contribution in [0, 0.1) is 6.92 Å². The van der Waals surface area contributed by atoms with Gasteiger partial charge in [-0.2, -0.15) is 5.10 Å². The van der Waals surface area contributed by atoms with E-state index in [4.69, 9.17) is 16.3 Å². The van der Waals surface area contributed by atoms with Crippen LogP contribution in [0.4, 0.5) is 0 Å². The standard InChI is InChI=1S/C17H15Br2ClN2O3/c1-9-5-12(3-4-15(9)20)25-10(2)17(24)22-21-8-11-6-13(18)16(23)14(19)7-11/h3-8,10,23H,1-2H3,(H,22,24)/b21-8+. The maximum atomic E-state index is 12.0. The molecule has 0 spiro atoms. The summed E-state index contributed by atoms with van der Waals surface area (Å²) in [5.74, 6) is 0.266. The molecule has 2 aromatic carbocycles. The molecule has 1 unspecified atom stereocenters. The van der Waals surface area contributed by atoms with Gasteiger partial charge < -0.3 is 9.84 Å². The molecule has 0 bridgehead atoms. The first-order valence-corrected chi connectivity index (χ1v) is 9.18. The van der Waals surface area contributed by atoms with Gasteiger partial charge >= 0.3 is 0 Å². The van der Waals surface area contributed by atoms with E-state index >= 15 is 0 Å². The lowest BCUT2D eigenvalue weighted by atomic mass is 10.2. The summed E-state index contributed by atoms with van der Waals surface area (Å²) in [6.07, 6.45) is 0.738. The molecule has 0 saturated heterocycles. The molecule has 2 aromatic rings. The number of hydrogen-bond donors (Lipinski definition) is 2. The third-order valence-corrected chi connectivity index (χ3v) is 4.87. The number of carbonyl (C=O) groups is 1. The van der Waals surface area contributed by atoms with E-state index in [0.717, 1.165) is 5.56 Å². The topological polar surface area (TPSA) is 70.9 Å². The summed E-state index contributed by atoms with van der Waals surface area (Å²) < 4.78 is 6.61. The van der Waals surface area contributed by atoms with Gasteiger partial charge in [0.05, 0.1) is 15.2 Å². The summed E-state index contributed by atoms with van der Waals surface area (Å²) in [5, 5.41) is 14.2. The van der Waals surface area contributed by atoms with Crippen LogP contribution in [0.15, 0.2) is 44.4 Å². The third kappa shape index (κ3) is 5.45. The number of hydrogen-bond acceptors (Lipinski definition) is 4. The summed E-state index contributed by atoms with van der Waals surface area (Å²) >= 11 is 12.4. The Labute approximate surface area is 167 Å². The maximum Gasteiger partial charge on any atom is 0.280 e. The number of ether oxygens (including phenoxy) is 1. The summed E-state index contributed by atoms with van der Waals surface area (Å²) in [5.41, 5.74) is 3.98. The number of phenolic OH excluding ortho intramolecular Hbond substituents is 1. The molecule has 132 valence electrons. The molecule has 0 heterocycles. The average Bonchev–Trinajstić information content (AvgIpc) is 2.55. The quantitative estimate of drug-likeness (QED) is 0.467. The van der Waals surface area contributed by atoms with Gasteiger partial charge in [-0.1, -0.05) is 11.6 Å². The van der Waals surface area contributed by atoms with E-state index < -0.39 is 6.10 Å². The van der Waals surface area contributed by atoms with Gasteiger partial charge in [-0.15, -0.1) is 0 Å². The molecule has 0 saturated carbocycles. The van der Waals surface area contributed by atoms with Gasteiger partial charge in [-0.25, -0.2) is 5.43 Å². The lowest BCUT2D eigenvalue weighted by Gasteiger charge is -2.13. The van der Waals surface area contributed by atoms with Crippen LogP contribution in [0.5, 0.6) is 11.5 Å². The molecule has 0 fully saturated rings. The summed E-state index contributed by atoms with van der Waals surface area (Å²) in [4.78, 5) is 12.0. The largest absolute Gasteiger partial charge is 0.506 e. The highest BCUT2D eigenvalue weighted by molar-refractivity contribution is 9.11. The third-order valence-electron chi connectivity index (χ3n) is 3.24. The molecule has 0 aliphatic rings. The predicted octanol–water partition coefficient (Wildman–Crippen LogP) is 4.80. The fraction of sp³-hybridized carbons (Fsp3) is 0.176. The molecular weight excluding hydrogens is 475 g/mol. The van der Waals surface area contributed by atoms with Gasteiger partial charge in [-0.05, 0) is 87.2 Å². The maximum absolute atomic E-state index is 12.0. The van der Waals surface area contributed by atoms with Gasteiger partial charge in [0, 0.05) is 5.02 Å². The molecule has 0 aliphatic carbocycles. The number of amides is 1. The van der Waals surface area contributed by atoms with Crippen molar-refractivity contribution in [1.29, 1.82) is 0 Å². The zero-order chi connectivity index (χ0) is 18.6. The Morgan fingerprint density at radius 1 is 1.32 bits per heavy atom. The van der Waals surface area contributed by atoms with E-state index in [-0.39, 0.29) is 11.7 Å². The number of benzene rings is 2. The lowest BCUT2D eigenvalue weighted by Crippen LogP contribution is -2.33. The molecular formula is C17H15Br2ClN2O3. The molecule has 0 radical (unpaired) electrons. The number of aromatic hydroxyl groups is 1. The summed E-state index contributed by atoms with van der Waals surface area (Å²) in [7, 11) is 0. The van der Waals surface area contributed by atoms with E-state index in [0.29, 0.717) is 25.3 Å². The molecule has 2 N–H and O–H groups in total. The SMILES string of the molecule is Cc1cc(OC(C)C(=O)N/N=C/c2cc(Br)c(O)c(Br)c2)ccc1Cl. The van der Waals surface area contributed by atoms with E-state index in [1.807, 2.05) is 6.92 Å². The predicted molar refractivity (Wildman–Crippen MR) is 106 cm³/mol. The van der Waals surface area contributed by atoms with E-state index in [9.17, 15) is 9.90 Å². The van der Waals surface area contributed by atoms with Crippen molar-refractivity contribution in [3.05, 3.63) is 55.4 Å². The first-order valence-electron chi connectivity index (χ1n) is 7.21. The average molecular weight is 491 g/mol. The van der Waals surface area contributed by atoms with Gasteiger partial charge in [-0.3, -0.25) is 4.79 Å². The number of phenols is 1. The zero-order valence-corrected chi connectivity index (χ0v) is 17.3. The second-order valence-corrected chi connectivity index (χ2v) is 7.35. The van der Waals surface area contributed by atoms with E-state index in [2.05, 4.69) is 42.4 Å². The molecule has 2 rings (SSSR count). The van der Waals surface area contributed by atoms with Crippen molar-refractivity contribution in [1.82, 2.24) is 5.43 Å². The zero-order valence-electron chi connectivity index (χ0n) is 13.4. The van der Waals surface area contributed by atoms with Gasteiger partial charge in [0.15, 0.2) is 6.10 Å². The Kier molecular flexibility index (Phi) is 6.87. The minimum atomic E-state index is -0.726.